The second-order valence-corrected chi connectivity index (χ2v) is 5.36. The van der Waals surface area contributed by atoms with E-state index in [1.807, 2.05) is 0 Å². The minimum Gasteiger partial charge on any atom is -0.0857 e. The molecule has 1 unspecified atom stereocenters. The van der Waals surface area contributed by atoms with E-state index in [2.05, 4.69) is 73.7 Å². The van der Waals surface area contributed by atoms with Crippen molar-refractivity contribution in [2.75, 3.05) is 4.43 Å². The van der Waals surface area contributed by atoms with Crippen molar-refractivity contribution in [3.63, 3.8) is 0 Å². The summed E-state index contributed by atoms with van der Waals surface area (Å²) in [6.45, 7) is 6.93. The zero-order valence-corrected chi connectivity index (χ0v) is 10.7. The summed E-state index contributed by atoms with van der Waals surface area (Å²) in [5, 5.41) is 0. The van der Waals surface area contributed by atoms with Gasteiger partial charge in [-0.15, -0.1) is 0 Å². The molecule has 0 saturated heterocycles. The Kier molecular flexibility index (Phi) is 3.77. The van der Waals surface area contributed by atoms with E-state index < -0.39 is 0 Å². The Morgan fingerprint density at radius 3 is 2.08 bits per heavy atom. The highest BCUT2D eigenvalue weighted by Gasteiger charge is 2.24. The topological polar surface area (TPSA) is 0 Å². The van der Waals surface area contributed by atoms with Gasteiger partial charge in [-0.1, -0.05) is 73.7 Å². The molecule has 0 amide bonds. The van der Waals surface area contributed by atoms with Gasteiger partial charge in [0, 0.05) is 4.43 Å². The molecule has 0 aromatic heterocycles. The summed E-state index contributed by atoms with van der Waals surface area (Å²) in [6, 6.07) is 10.8. The van der Waals surface area contributed by atoms with Gasteiger partial charge in [0.05, 0.1) is 0 Å². The molecule has 0 N–H and O–H groups in total. The first-order chi connectivity index (χ1) is 6.05. The summed E-state index contributed by atoms with van der Waals surface area (Å²) in [7, 11) is 0. The van der Waals surface area contributed by atoms with Crippen LogP contribution in [0.3, 0.4) is 0 Å². The minimum atomic E-state index is 0.364. The van der Waals surface area contributed by atoms with Gasteiger partial charge in [-0.25, -0.2) is 0 Å². The lowest BCUT2D eigenvalue weighted by Crippen LogP contribution is -2.19. The van der Waals surface area contributed by atoms with E-state index in [-0.39, 0.29) is 0 Å². The summed E-state index contributed by atoms with van der Waals surface area (Å²) in [6.07, 6.45) is 0. The van der Waals surface area contributed by atoms with Crippen LogP contribution in [-0.4, -0.2) is 4.43 Å². The van der Waals surface area contributed by atoms with Gasteiger partial charge in [-0.2, -0.15) is 0 Å². The van der Waals surface area contributed by atoms with Crippen LogP contribution in [0, 0.1) is 5.41 Å². The average molecular weight is 288 g/mol. The van der Waals surface area contributed by atoms with Crippen LogP contribution in [-0.2, 0) is 0 Å². The zero-order chi connectivity index (χ0) is 9.90. The maximum atomic E-state index is 2.48. The molecule has 1 rings (SSSR count). The van der Waals surface area contributed by atoms with E-state index in [1.54, 1.807) is 0 Å². The van der Waals surface area contributed by atoms with Crippen LogP contribution in [0.2, 0.25) is 0 Å². The molecule has 0 aliphatic heterocycles. The molecule has 0 fully saturated rings. The summed E-state index contributed by atoms with van der Waals surface area (Å²) in [5.41, 5.74) is 1.83. The highest BCUT2D eigenvalue weighted by atomic mass is 127. The van der Waals surface area contributed by atoms with Crippen LogP contribution in [0.4, 0.5) is 0 Å². The largest absolute Gasteiger partial charge is 0.0857 e. The van der Waals surface area contributed by atoms with Gasteiger partial charge in [0.25, 0.3) is 0 Å². The van der Waals surface area contributed by atoms with Crippen molar-refractivity contribution >= 4 is 22.6 Å². The zero-order valence-electron chi connectivity index (χ0n) is 8.55. The van der Waals surface area contributed by atoms with Gasteiger partial charge in [0.15, 0.2) is 0 Å². The number of alkyl halides is 1. The molecule has 0 nitrogen and oxygen atoms in total. The number of hydrogen-bond acceptors (Lipinski definition) is 0. The first-order valence-corrected chi connectivity index (χ1v) is 6.19. The smallest absolute Gasteiger partial charge is 0.00693 e. The molecule has 1 aromatic rings. The van der Waals surface area contributed by atoms with Gasteiger partial charge in [-0.05, 0) is 16.9 Å². The molecule has 0 bridgehead atoms. The van der Waals surface area contributed by atoms with Crippen molar-refractivity contribution in [3.05, 3.63) is 35.9 Å². The molecular formula is C12H17I. The van der Waals surface area contributed by atoms with Crippen molar-refractivity contribution in [1.29, 1.82) is 0 Å². The summed E-state index contributed by atoms with van der Waals surface area (Å²) in [5.74, 6) is 0.661. The number of rotatable bonds is 2. The molecule has 0 radical (unpaired) electrons. The van der Waals surface area contributed by atoms with Gasteiger partial charge in [-0.3, -0.25) is 0 Å². The van der Waals surface area contributed by atoms with Crippen molar-refractivity contribution < 1.29 is 0 Å². The third-order valence-electron chi connectivity index (χ3n) is 2.40. The monoisotopic (exact) mass is 288 g/mol. The molecule has 1 atom stereocenters. The maximum absolute atomic E-state index is 2.48. The highest BCUT2D eigenvalue weighted by molar-refractivity contribution is 14.1. The molecular weight excluding hydrogens is 271 g/mol. The minimum absolute atomic E-state index is 0.364. The van der Waals surface area contributed by atoms with Gasteiger partial charge >= 0.3 is 0 Å². The van der Waals surface area contributed by atoms with Crippen molar-refractivity contribution in [1.82, 2.24) is 0 Å². The Balaban J connectivity index is 2.92. The summed E-state index contributed by atoms with van der Waals surface area (Å²) >= 11 is 2.48. The van der Waals surface area contributed by atoms with Crippen molar-refractivity contribution in [3.8, 4) is 0 Å². The van der Waals surface area contributed by atoms with Gasteiger partial charge < -0.3 is 0 Å². The molecule has 1 aromatic carbocycles. The predicted molar refractivity (Wildman–Crippen MR) is 67.5 cm³/mol. The lowest BCUT2D eigenvalue weighted by molar-refractivity contribution is 0.347. The average Bonchev–Trinajstić information content (AvgIpc) is 2.05. The molecule has 13 heavy (non-hydrogen) atoms. The van der Waals surface area contributed by atoms with Crippen molar-refractivity contribution in [2.45, 2.75) is 26.7 Å². The quantitative estimate of drug-likeness (QED) is 0.563. The first-order valence-electron chi connectivity index (χ1n) is 4.66. The van der Waals surface area contributed by atoms with E-state index in [4.69, 9.17) is 0 Å². The first kappa shape index (κ1) is 11.0. The van der Waals surface area contributed by atoms with Crippen LogP contribution in [0.15, 0.2) is 30.3 Å². The van der Waals surface area contributed by atoms with E-state index >= 15 is 0 Å². The fraction of sp³-hybridized carbons (Fsp3) is 0.500. The summed E-state index contributed by atoms with van der Waals surface area (Å²) < 4.78 is 1.19. The van der Waals surface area contributed by atoms with Gasteiger partial charge in [0.2, 0.25) is 0 Å². The fourth-order valence-electron chi connectivity index (χ4n) is 1.51. The van der Waals surface area contributed by atoms with E-state index in [1.165, 1.54) is 9.99 Å². The molecule has 0 aliphatic rings. The SMILES string of the molecule is CC(C)(C)C(CI)c1ccccc1. The standard InChI is InChI=1S/C12H17I/c1-12(2,3)11(9-13)10-7-5-4-6-8-10/h4-8,11H,9H2,1-3H3. The molecule has 0 spiro atoms. The second kappa shape index (κ2) is 4.45. The third kappa shape index (κ3) is 2.97. The lowest BCUT2D eigenvalue weighted by atomic mass is 9.78. The fourth-order valence-corrected chi connectivity index (χ4v) is 3.34. The van der Waals surface area contributed by atoms with E-state index in [0.29, 0.717) is 11.3 Å². The Hall–Kier alpha value is -0.0500. The Labute approximate surface area is 94.9 Å². The Morgan fingerprint density at radius 2 is 1.69 bits per heavy atom. The lowest BCUT2D eigenvalue weighted by Gasteiger charge is -2.29. The highest BCUT2D eigenvalue weighted by Crippen LogP contribution is 2.36. The van der Waals surface area contributed by atoms with Crippen LogP contribution >= 0.6 is 22.6 Å². The molecule has 0 aliphatic carbocycles. The second-order valence-electron chi connectivity index (χ2n) is 4.48. The predicted octanol–water partition coefficient (Wildman–Crippen LogP) is 4.25. The molecule has 0 saturated carbocycles. The number of benzene rings is 1. The van der Waals surface area contributed by atoms with Crippen LogP contribution < -0.4 is 0 Å². The van der Waals surface area contributed by atoms with E-state index in [0.717, 1.165) is 0 Å². The van der Waals surface area contributed by atoms with Crippen molar-refractivity contribution in [2.24, 2.45) is 5.41 Å². The Bertz CT molecular complexity index is 246. The molecule has 72 valence electrons. The van der Waals surface area contributed by atoms with Gasteiger partial charge in [0.1, 0.15) is 0 Å². The summed E-state index contributed by atoms with van der Waals surface area (Å²) in [4.78, 5) is 0. The maximum Gasteiger partial charge on any atom is 0.00693 e. The normalized spacial score (nSPS) is 14.2. The number of hydrogen-bond donors (Lipinski definition) is 0. The Morgan fingerprint density at radius 1 is 1.15 bits per heavy atom. The number of halogens is 1. The van der Waals surface area contributed by atoms with Crippen LogP contribution in [0.1, 0.15) is 32.3 Å². The van der Waals surface area contributed by atoms with Crippen LogP contribution in [0.25, 0.3) is 0 Å². The molecule has 1 heteroatoms. The van der Waals surface area contributed by atoms with E-state index in [9.17, 15) is 0 Å². The third-order valence-corrected chi connectivity index (χ3v) is 3.28. The van der Waals surface area contributed by atoms with Crippen LogP contribution in [0.5, 0.6) is 0 Å². The molecule has 0 heterocycles.